The van der Waals surface area contributed by atoms with Gasteiger partial charge in [-0.25, -0.2) is 0 Å². The third kappa shape index (κ3) is 3.07. The molecule has 0 unspecified atom stereocenters. The van der Waals surface area contributed by atoms with Gasteiger partial charge in [-0.05, 0) is 54.7 Å². The molecule has 0 spiro atoms. The van der Waals surface area contributed by atoms with Crippen LogP contribution in [-0.4, -0.2) is 0 Å². The van der Waals surface area contributed by atoms with Crippen molar-refractivity contribution in [3.8, 4) is 0 Å². The summed E-state index contributed by atoms with van der Waals surface area (Å²) >= 11 is 0. The van der Waals surface area contributed by atoms with Gasteiger partial charge in [0.05, 0.1) is 0 Å². The molecule has 28 heavy (non-hydrogen) atoms. The standard InChI is InChI=1S/C27H25N/c1-20-8-2-7-13-27(20)28(25-16-14-21-9-3-5-11-23(21)18-25)26-17-15-22-10-4-6-12-24(22)19-26/h2-14,16-17,19,22-23H,15,18H2,1H3/t22-,23-/m0/s1. The fourth-order valence-corrected chi connectivity index (χ4v) is 4.49. The lowest BCUT2D eigenvalue weighted by Crippen LogP contribution is -2.27. The molecule has 0 saturated carbocycles. The molecule has 0 aromatic heterocycles. The van der Waals surface area contributed by atoms with Crippen LogP contribution in [0.2, 0.25) is 0 Å². The van der Waals surface area contributed by atoms with Crippen LogP contribution in [0.4, 0.5) is 5.69 Å². The summed E-state index contributed by atoms with van der Waals surface area (Å²) in [7, 11) is 0. The van der Waals surface area contributed by atoms with Crippen LogP contribution in [-0.2, 0) is 0 Å². The second kappa shape index (κ2) is 7.16. The monoisotopic (exact) mass is 363 g/mol. The van der Waals surface area contributed by atoms with Crippen molar-refractivity contribution in [2.45, 2.75) is 19.8 Å². The van der Waals surface area contributed by atoms with E-state index in [0.717, 1.165) is 12.8 Å². The topological polar surface area (TPSA) is 3.24 Å². The summed E-state index contributed by atoms with van der Waals surface area (Å²) in [6.45, 7) is 2.21. The highest BCUT2D eigenvalue weighted by Crippen LogP contribution is 2.39. The van der Waals surface area contributed by atoms with Crippen LogP contribution in [0.5, 0.6) is 0 Å². The van der Waals surface area contributed by atoms with Gasteiger partial charge in [0.1, 0.15) is 0 Å². The van der Waals surface area contributed by atoms with Crippen molar-refractivity contribution in [1.82, 2.24) is 0 Å². The van der Waals surface area contributed by atoms with Crippen molar-refractivity contribution in [3.05, 3.63) is 125 Å². The first-order chi connectivity index (χ1) is 13.8. The summed E-state index contributed by atoms with van der Waals surface area (Å²) in [6, 6.07) is 8.72. The van der Waals surface area contributed by atoms with Crippen molar-refractivity contribution >= 4 is 5.69 Å². The third-order valence-electron chi connectivity index (χ3n) is 6.04. The lowest BCUT2D eigenvalue weighted by molar-refractivity contribution is 0.718. The van der Waals surface area contributed by atoms with E-state index in [1.165, 1.54) is 33.8 Å². The first-order valence-corrected chi connectivity index (χ1v) is 10.2. The van der Waals surface area contributed by atoms with Gasteiger partial charge in [0.25, 0.3) is 0 Å². The second-order valence-electron chi connectivity index (χ2n) is 7.86. The van der Waals surface area contributed by atoms with E-state index in [-0.39, 0.29) is 0 Å². The molecule has 0 N–H and O–H groups in total. The number of hydrogen-bond acceptors (Lipinski definition) is 1. The molecule has 0 amide bonds. The molecule has 5 rings (SSSR count). The maximum absolute atomic E-state index is 2.48. The maximum atomic E-state index is 2.48. The van der Waals surface area contributed by atoms with E-state index in [1.54, 1.807) is 0 Å². The predicted octanol–water partition coefficient (Wildman–Crippen LogP) is 6.71. The van der Waals surface area contributed by atoms with Crippen LogP contribution in [0.3, 0.4) is 0 Å². The van der Waals surface area contributed by atoms with Gasteiger partial charge < -0.3 is 4.90 Å². The molecule has 0 saturated heterocycles. The van der Waals surface area contributed by atoms with Gasteiger partial charge in [-0.2, -0.15) is 0 Å². The van der Waals surface area contributed by atoms with Gasteiger partial charge in [0, 0.05) is 28.9 Å². The Labute approximate surface area is 167 Å². The first-order valence-electron chi connectivity index (χ1n) is 10.2. The molecule has 138 valence electrons. The van der Waals surface area contributed by atoms with Crippen LogP contribution in [0, 0.1) is 18.8 Å². The number of benzene rings is 1. The molecule has 1 nitrogen and oxygen atoms in total. The molecule has 4 aliphatic carbocycles. The quantitative estimate of drug-likeness (QED) is 0.576. The van der Waals surface area contributed by atoms with E-state index in [2.05, 4.69) is 109 Å². The Hall–Kier alpha value is -3.06. The first kappa shape index (κ1) is 17.1. The number of nitrogens with zero attached hydrogens (tertiary/aromatic N) is 1. The summed E-state index contributed by atoms with van der Waals surface area (Å²) in [5.74, 6) is 0.990. The molecule has 0 aliphatic heterocycles. The summed E-state index contributed by atoms with van der Waals surface area (Å²) in [4.78, 5) is 2.48. The van der Waals surface area contributed by atoms with E-state index in [9.17, 15) is 0 Å². The molecule has 2 atom stereocenters. The number of para-hydroxylation sites is 1. The average molecular weight is 364 g/mol. The van der Waals surface area contributed by atoms with Gasteiger partial charge >= 0.3 is 0 Å². The highest BCUT2D eigenvalue weighted by molar-refractivity contribution is 5.67. The van der Waals surface area contributed by atoms with Crippen LogP contribution in [0.25, 0.3) is 0 Å². The van der Waals surface area contributed by atoms with Crippen LogP contribution < -0.4 is 4.90 Å². The SMILES string of the molecule is Cc1ccccc1N(C1=CC[C@@H]2C=CC=CC2=C1)C1=CC=C2C=CC=C[C@H]2C1. The molecule has 1 heteroatoms. The van der Waals surface area contributed by atoms with E-state index in [4.69, 9.17) is 0 Å². The van der Waals surface area contributed by atoms with Crippen molar-refractivity contribution in [3.63, 3.8) is 0 Å². The summed E-state index contributed by atoms with van der Waals surface area (Å²) in [5.41, 5.74) is 8.05. The van der Waals surface area contributed by atoms with Gasteiger partial charge in [0.15, 0.2) is 0 Å². The molecule has 0 heterocycles. The molecular formula is C27H25N. The lowest BCUT2D eigenvalue weighted by Gasteiger charge is -2.36. The second-order valence-corrected chi connectivity index (χ2v) is 7.86. The van der Waals surface area contributed by atoms with E-state index in [1.807, 2.05) is 0 Å². The molecule has 1 aromatic rings. The number of anilines is 1. The van der Waals surface area contributed by atoms with Crippen LogP contribution in [0.1, 0.15) is 18.4 Å². The Morgan fingerprint density at radius 1 is 0.857 bits per heavy atom. The van der Waals surface area contributed by atoms with E-state index in [0.29, 0.717) is 11.8 Å². The molecular weight excluding hydrogens is 338 g/mol. The van der Waals surface area contributed by atoms with Crippen LogP contribution >= 0.6 is 0 Å². The number of aryl methyl sites for hydroxylation is 1. The van der Waals surface area contributed by atoms with Crippen molar-refractivity contribution in [1.29, 1.82) is 0 Å². The smallest absolute Gasteiger partial charge is 0.0487 e. The highest BCUT2D eigenvalue weighted by Gasteiger charge is 2.26. The summed E-state index contributed by atoms with van der Waals surface area (Å²) < 4.78 is 0. The van der Waals surface area contributed by atoms with Crippen molar-refractivity contribution in [2.24, 2.45) is 11.8 Å². The average Bonchev–Trinajstić information content (AvgIpc) is 2.75. The minimum Gasteiger partial charge on any atom is -0.314 e. The van der Waals surface area contributed by atoms with Gasteiger partial charge in [-0.1, -0.05) is 79.0 Å². The Morgan fingerprint density at radius 2 is 1.64 bits per heavy atom. The van der Waals surface area contributed by atoms with Crippen molar-refractivity contribution < 1.29 is 0 Å². The Balaban J connectivity index is 1.58. The molecule has 4 aliphatic rings. The number of rotatable bonds is 3. The number of allylic oxidation sites excluding steroid dienone is 15. The Morgan fingerprint density at radius 3 is 2.50 bits per heavy atom. The molecule has 0 radical (unpaired) electrons. The minimum absolute atomic E-state index is 0.471. The van der Waals surface area contributed by atoms with Gasteiger partial charge in [-0.3, -0.25) is 0 Å². The highest BCUT2D eigenvalue weighted by atomic mass is 15.2. The van der Waals surface area contributed by atoms with Crippen molar-refractivity contribution in [2.75, 3.05) is 4.90 Å². The maximum Gasteiger partial charge on any atom is 0.0487 e. The molecule has 0 bridgehead atoms. The molecule has 0 fully saturated rings. The molecule has 1 aromatic carbocycles. The fraction of sp³-hybridized carbons (Fsp3) is 0.185. The predicted molar refractivity (Wildman–Crippen MR) is 119 cm³/mol. The van der Waals surface area contributed by atoms with Gasteiger partial charge in [0.2, 0.25) is 0 Å². The zero-order valence-electron chi connectivity index (χ0n) is 16.3. The zero-order valence-corrected chi connectivity index (χ0v) is 16.3. The summed E-state index contributed by atoms with van der Waals surface area (Å²) in [6.07, 6.45) is 29.2. The fourth-order valence-electron chi connectivity index (χ4n) is 4.49. The third-order valence-corrected chi connectivity index (χ3v) is 6.04. The lowest BCUT2D eigenvalue weighted by atomic mass is 9.84. The number of hydrogen-bond donors (Lipinski definition) is 0. The Kier molecular flexibility index (Phi) is 4.37. The van der Waals surface area contributed by atoms with E-state index >= 15 is 0 Å². The van der Waals surface area contributed by atoms with E-state index < -0.39 is 0 Å². The Bertz CT molecular complexity index is 1040. The summed E-state index contributed by atoms with van der Waals surface area (Å²) in [5, 5.41) is 0. The van der Waals surface area contributed by atoms with Crippen LogP contribution in [0.15, 0.2) is 120 Å². The normalized spacial score (nSPS) is 24.6. The zero-order chi connectivity index (χ0) is 18.9. The minimum atomic E-state index is 0.471. The number of fused-ring (bicyclic) bond motifs is 2. The van der Waals surface area contributed by atoms with Gasteiger partial charge in [-0.15, -0.1) is 0 Å². The largest absolute Gasteiger partial charge is 0.314 e.